The van der Waals surface area contributed by atoms with E-state index in [-0.39, 0.29) is 11.4 Å². The van der Waals surface area contributed by atoms with E-state index in [0.29, 0.717) is 5.92 Å². The van der Waals surface area contributed by atoms with Gasteiger partial charge in [-0.15, -0.1) is 0 Å². The van der Waals surface area contributed by atoms with E-state index in [0.717, 1.165) is 23.4 Å². The number of benzene rings is 1. The molecule has 0 aliphatic heterocycles. The molecule has 118 valence electrons. The molecule has 3 heteroatoms. The molecule has 21 heavy (non-hydrogen) atoms. The van der Waals surface area contributed by atoms with Crippen LogP contribution in [0.5, 0.6) is 0 Å². The van der Waals surface area contributed by atoms with Crippen LogP contribution >= 0.6 is 15.9 Å². The minimum absolute atomic E-state index is 0.166. The van der Waals surface area contributed by atoms with Crippen molar-refractivity contribution < 1.29 is 4.39 Å². The average molecular weight is 356 g/mol. The fourth-order valence-electron chi connectivity index (χ4n) is 3.23. The van der Waals surface area contributed by atoms with Gasteiger partial charge in [-0.05, 0) is 76.1 Å². The summed E-state index contributed by atoms with van der Waals surface area (Å²) >= 11 is 3.51. The van der Waals surface area contributed by atoms with Gasteiger partial charge in [0.05, 0.1) is 0 Å². The van der Waals surface area contributed by atoms with Crippen molar-refractivity contribution in [1.29, 1.82) is 0 Å². The summed E-state index contributed by atoms with van der Waals surface area (Å²) in [6.45, 7) is 7.76. The van der Waals surface area contributed by atoms with E-state index in [1.54, 1.807) is 12.1 Å². The summed E-state index contributed by atoms with van der Waals surface area (Å²) in [5, 5.41) is 3.66. The highest BCUT2D eigenvalue weighted by atomic mass is 79.9. The third-order valence-corrected chi connectivity index (χ3v) is 5.20. The van der Waals surface area contributed by atoms with Crippen molar-refractivity contribution in [2.75, 3.05) is 6.54 Å². The van der Waals surface area contributed by atoms with E-state index in [2.05, 4.69) is 42.0 Å². The van der Waals surface area contributed by atoms with Crippen molar-refractivity contribution in [3.05, 3.63) is 34.1 Å². The summed E-state index contributed by atoms with van der Waals surface area (Å²) in [6, 6.07) is 5.09. The van der Waals surface area contributed by atoms with Crippen molar-refractivity contribution in [3.63, 3.8) is 0 Å². The highest BCUT2D eigenvalue weighted by Gasteiger charge is 2.26. The van der Waals surface area contributed by atoms with E-state index in [4.69, 9.17) is 0 Å². The Kier molecular flexibility index (Phi) is 5.84. The Hall–Kier alpha value is -0.410. The first-order valence-corrected chi connectivity index (χ1v) is 8.83. The summed E-state index contributed by atoms with van der Waals surface area (Å²) in [5.74, 6) is 1.27. The van der Waals surface area contributed by atoms with Gasteiger partial charge in [0, 0.05) is 10.0 Å². The van der Waals surface area contributed by atoms with Gasteiger partial charge in [0.1, 0.15) is 5.82 Å². The highest BCUT2D eigenvalue weighted by Crippen LogP contribution is 2.34. The maximum absolute atomic E-state index is 13.2. The van der Waals surface area contributed by atoms with Gasteiger partial charge in [-0.2, -0.15) is 0 Å². The quantitative estimate of drug-likeness (QED) is 0.769. The molecule has 2 atom stereocenters. The molecule has 1 saturated carbocycles. The van der Waals surface area contributed by atoms with Crippen molar-refractivity contribution in [3.8, 4) is 0 Å². The molecule has 0 radical (unpaired) electrons. The van der Waals surface area contributed by atoms with Gasteiger partial charge >= 0.3 is 0 Å². The molecule has 0 saturated heterocycles. The van der Waals surface area contributed by atoms with Gasteiger partial charge in [0.15, 0.2) is 0 Å². The van der Waals surface area contributed by atoms with E-state index < -0.39 is 0 Å². The molecule has 0 spiro atoms. The molecule has 1 aliphatic rings. The van der Waals surface area contributed by atoms with Gasteiger partial charge in [-0.3, -0.25) is 0 Å². The molecule has 0 heterocycles. The Morgan fingerprint density at radius 2 is 1.86 bits per heavy atom. The van der Waals surface area contributed by atoms with Crippen LogP contribution in [0.25, 0.3) is 0 Å². The Morgan fingerprint density at radius 3 is 2.48 bits per heavy atom. The average Bonchev–Trinajstić information content (AvgIpc) is 2.40. The number of hydrogen-bond donors (Lipinski definition) is 1. The monoisotopic (exact) mass is 355 g/mol. The predicted octanol–water partition coefficient (Wildman–Crippen LogP) is 5.33. The van der Waals surface area contributed by atoms with Gasteiger partial charge < -0.3 is 5.32 Å². The Balaban J connectivity index is 2.01. The van der Waals surface area contributed by atoms with Crippen molar-refractivity contribution in [1.82, 2.24) is 5.32 Å². The summed E-state index contributed by atoms with van der Waals surface area (Å²) in [6.07, 6.45) is 6.33. The van der Waals surface area contributed by atoms with Gasteiger partial charge in [-0.25, -0.2) is 4.39 Å². The maximum atomic E-state index is 13.2. The second-order valence-electron chi connectivity index (χ2n) is 7.38. The molecule has 2 unspecified atom stereocenters. The summed E-state index contributed by atoms with van der Waals surface area (Å²) in [4.78, 5) is 0. The Labute approximate surface area is 136 Å². The second-order valence-corrected chi connectivity index (χ2v) is 8.23. The smallest absolute Gasteiger partial charge is 0.124 e. The third kappa shape index (κ3) is 5.37. The summed E-state index contributed by atoms with van der Waals surface area (Å²) in [5.41, 5.74) is 1.42. The lowest BCUT2D eigenvalue weighted by atomic mass is 9.76. The summed E-state index contributed by atoms with van der Waals surface area (Å²) in [7, 11) is 0. The maximum Gasteiger partial charge on any atom is 0.124 e. The van der Waals surface area contributed by atoms with Crippen LogP contribution in [0.15, 0.2) is 22.7 Å². The molecular formula is C18H27BrFN. The van der Waals surface area contributed by atoms with Crippen LogP contribution in [-0.4, -0.2) is 12.1 Å². The topological polar surface area (TPSA) is 12.0 Å². The normalized spacial score (nSPS) is 23.3. The zero-order chi connectivity index (χ0) is 15.5. The van der Waals surface area contributed by atoms with Gasteiger partial charge in [0.2, 0.25) is 0 Å². The number of rotatable bonds is 4. The standard InChI is InChI=1S/C18H27BrFN/c1-18(2,3)21-12-15-7-5-4-6-13(15)10-14-8-9-16(20)11-17(14)19/h8-9,11,13,15,21H,4-7,10,12H2,1-3H3. The van der Waals surface area contributed by atoms with Gasteiger partial charge in [0.25, 0.3) is 0 Å². The second kappa shape index (κ2) is 7.23. The van der Waals surface area contributed by atoms with Crippen LogP contribution in [0.4, 0.5) is 4.39 Å². The molecule has 0 bridgehead atoms. The van der Waals surface area contributed by atoms with Crippen molar-refractivity contribution in [2.45, 2.75) is 58.4 Å². The fourth-order valence-corrected chi connectivity index (χ4v) is 3.74. The van der Waals surface area contributed by atoms with Gasteiger partial charge in [-0.1, -0.05) is 34.8 Å². The zero-order valence-corrected chi connectivity index (χ0v) is 15.0. The molecule has 2 rings (SSSR count). The van der Waals surface area contributed by atoms with E-state index in [1.165, 1.54) is 31.2 Å². The fraction of sp³-hybridized carbons (Fsp3) is 0.667. The molecule has 0 aromatic heterocycles. The molecule has 1 nitrogen and oxygen atoms in total. The highest BCUT2D eigenvalue weighted by molar-refractivity contribution is 9.10. The van der Waals surface area contributed by atoms with Crippen LogP contribution < -0.4 is 5.32 Å². The predicted molar refractivity (Wildman–Crippen MR) is 91.0 cm³/mol. The SMILES string of the molecule is CC(C)(C)NCC1CCCCC1Cc1ccc(F)cc1Br. The molecular weight excluding hydrogens is 329 g/mol. The minimum atomic E-state index is -0.166. The number of nitrogens with one attached hydrogen (secondary N) is 1. The van der Waals surface area contributed by atoms with E-state index >= 15 is 0 Å². The first kappa shape index (κ1) is 17.0. The summed E-state index contributed by atoms with van der Waals surface area (Å²) < 4.78 is 14.1. The van der Waals surface area contributed by atoms with E-state index in [1.807, 2.05) is 6.07 Å². The Morgan fingerprint density at radius 1 is 1.19 bits per heavy atom. The van der Waals surface area contributed by atoms with E-state index in [9.17, 15) is 4.39 Å². The first-order chi connectivity index (χ1) is 9.85. The molecule has 1 aromatic rings. The molecule has 1 aliphatic carbocycles. The third-order valence-electron chi connectivity index (χ3n) is 4.46. The zero-order valence-electron chi connectivity index (χ0n) is 13.4. The van der Waals surface area contributed by atoms with Crippen molar-refractivity contribution in [2.24, 2.45) is 11.8 Å². The Bertz CT molecular complexity index is 467. The minimum Gasteiger partial charge on any atom is -0.312 e. The van der Waals surface area contributed by atoms with Crippen LogP contribution in [0.1, 0.15) is 52.0 Å². The van der Waals surface area contributed by atoms with Crippen molar-refractivity contribution >= 4 is 15.9 Å². The van der Waals surface area contributed by atoms with Crippen LogP contribution in [-0.2, 0) is 6.42 Å². The molecule has 0 amide bonds. The molecule has 1 fully saturated rings. The molecule has 1 N–H and O–H groups in total. The first-order valence-electron chi connectivity index (χ1n) is 8.04. The lowest BCUT2D eigenvalue weighted by molar-refractivity contribution is 0.213. The van der Waals surface area contributed by atoms with Crippen LogP contribution in [0.2, 0.25) is 0 Å². The number of halogens is 2. The number of hydrogen-bond acceptors (Lipinski definition) is 1. The lowest BCUT2D eigenvalue weighted by Gasteiger charge is -2.34. The largest absolute Gasteiger partial charge is 0.312 e. The van der Waals surface area contributed by atoms with Crippen LogP contribution in [0, 0.1) is 17.7 Å². The molecule has 1 aromatic carbocycles. The lowest BCUT2D eigenvalue weighted by Crippen LogP contribution is -2.41. The van der Waals surface area contributed by atoms with Crippen LogP contribution in [0.3, 0.4) is 0 Å².